The average molecular weight is 400 g/mol. The molecule has 1 aromatic heterocycles. The number of carbonyl (C=O) groups is 3. The van der Waals surface area contributed by atoms with Gasteiger partial charge in [0.05, 0.1) is 4.88 Å². The highest BCUT2D eigenvalue weighted by Gasteiger charge is 2.23. The van der Waals surface area contributed by atoms with Gasteiger partial charge in [0.1, 0.15) is 6.04 Å². The van der Waals surface area contributed by atoms with E-state index in [0.717, 1.165) is 31.5 Å². The lowest BCUT2D eigenvalue weighted by molar-refractivity contribution is -0.130. The molecule has 148 valence electrons. The molecule has 1 fully saturated rings. The van der Waals surface area contributed by atoms with Gasteiger partial charge in [-0.3, -0.25) is 14.4 Å². The number of nitrogens with one attached hydrogen (secondary N) is 2. The molecular formula is C21H25N3O3S. The van der Waals surface area contributed by atoms with Crippen LogP contribution in [0.4, 0.5) is 0 Å². The highest BCUT2D eigenvalue weighted by atomic mass is 32.1. The number of hydrogen-bond acceptors (Lipinski definition) is 4. The molecule has 3 rings (SSSR count). The Morgan fingerprint density at radius 2 is 1.79 bits per heavy atom. The molecule has 1 aliphatic heterocycles. The number of benzene rings is 1. The minimum atomic E-state index is -0.695. The topological polar surface area (TPSA) is 78.5 Å². The molecule has 0 aliphatic carbocycles. The molecule has 6 nitrogen and oxygen atoms in total. The summed E-state index contributed by atoms with van der Waals surface area (Å²) in [5.41, 5.74) is 0.960. The summed E-state index contributed by atoms with van der Waals surface area (Å²) in [7, 11) is 0. The summed E-state index contributed by atoms with van der Waals surface area (Å²) in [4.78, 5) is 39.7. The van der Waals surface area contributed by atoms with Crippen LogP contribution >= 0.6 is 11.3 Å². The fourth-order valence-electron chi connectivity index (χ4n) is 3.24. The van der Waals surface area contributed by atoms with Gasteiger partial charge in [-0.05, 0) is 29.9 Å². The fraction of sp³-hybridized carbons (Fsp3) is 0.381. The fourth-order valence-corrected chi connectivity index (χ4v) is 3.86. The second kappa shape index (κ2) is 10.0. The van der Waals surface area contributed by atoms with E-state index in [1.165, 1.54) is 11.3 Å². The predicted octanol–water partition coefficient (Wildman–Crippen LogP) is 2.22. The Morgan fingerprint density at radius 1 is 1.04 bits per heavy atom. The van der Waals surface area contributed by atoms with E-state index >= 15 is 0 Å². The number of nitrogens with zero attached hydrogens (tertiary/aromatic N) is 1. The number of amides is 3. The Hall–Kier alpha value is -2.67. The third kappa shape index (κ3) is 5.66. The lowest BCUT2D eigenvalue weighted by Crippen LogP contribution is -2.48. The summed E-state index contributed by atoms with van der Waals surface area (Å²) >= 11 is 1.33. The van der Waals surface area contributed by atoms with Gasteiger partial charge in [0, 0.05) is 32.5 Å². The number of rotatable bonds is 8. The summed E-state index contributed by atoms with van der Waals surface area (Å²) in [6.45, 7) is 1.88. The summed E-state index contributed by atoms with van der Waals surface area (Å²) in [6.07, 6.45) is 2.77. The number of carbonyl (C=O) groups excluding carboxylic acids is 3. The molecule has 0 saturated carbocycles. The number of likely N-dealkylation sites (tertiary alicyclic amines) is 1. The molecule has 2 N–H and O–H groups in total. The molecule has 1 atom stereocenters. The lowest BCUT2D eigenvalue weighted by Gasteiger charge is -2.19. The van der Waals surface area contributed by atoms with Gasteiger partial charge in [-0.2, -0.15) is 0 Å². The second-order valence-electron chi connectivity index (χ2n) is 6.82. The minimum absolute atomic E-state index is 0.0695. The quantitative estimate of drug-likeness (QED) is 0.714. The van der Waals surface area contributed by atoms with Gasteiger partial charge in [0.2, 0.25) is 11.8 Å². The smallest absolute Gasteiger partial charge is 0.262 e. The Morgan fingerprint density at radius 3 is 2.46 bits per heavy atom. The Bertz CT molecular complexity index is 786. The van der Waals surface area contributed by atoms with E-state index in [1.54, 1.807) is 12.1 Å². The van der Waals surface area contributed by atoms with E-state index in [1.807, 2.05) is 40.6 Å². The zero-order chi connectivity index (χ0) is 19.8. The van der Waals surface area contributed by atoms with Crippen LogP contribution in [0.2, 0.25) is 0 Å². The van der Waals surface area contributed by atoms with Crippen molar-refractivity contribution in [3.05, 3.63) is 58.3 Å². The van der Waals surface area contributed by atoms with Gasteiger partial charge in [-0.15, -0.1) is 11.3 Å². The molecule has 0 unspecified atom stereocenters. The molecule has 2 heterocycles. The van der Waals surface area contributed by atoms with E-state index in [2.05, 4.69) is 10.6 Å². The molecule has 0 bridgehead atoms. The SMILES string of the molecule is O=C(N[C@H](Cc1ccccc1)C(=O)NCCC(=O)N1CCCC1)c1cccs1. The normalized spacial score (nSPS) is 14.5. The molecule has 0 spiro atoms. The Kier molecular flexibility index (Phi) is 7.19. The first-order valence-corrected chi connectivity index (χ1v) is 10.5. The molecule has 28 heavy (non-hydrogen) atoms. The zero-order valence-electron chi connectivity index (χ0n) is 15.7. The molecule has 3 amide bonds. The van der Waals surface area contributed by atoms with Crippen LogP contribution in [0.1, 0.15) is 34.5 Å². The summed E-state index contributed by atoms with van der Waals surface area (Å²) < 4.78 is 0. The van der Waals surface area contributed by atoms with Crippen LogP contribution in [0.5, 0.6) is 0 Å². The van der Waals surface area contributed by atoms with Gasteiger partial charge < -0.3 is 15.5 Å². The van der Waals surface area contributed by atoms with Crippen molar-refractivity contribution in [3.63, 3.8) is 0 Å². The lowest BCUT2D eigenvalue weighted by atomic mass is 10.0. The molecule has 7 heteroatoms. The molecule has 0 radical (unpaired) electrons. The van der Waals surface area contributed by atoms with E-state index in [-0.39, 0.29) is 30.7 Å². The van der Waals surface area contributed by atoms with Crippen molar-refractivity contribution in [2.75, 3.05) is 19.6 Å². The van der Waals surface area contributed by atoms with Crippen LogP contribution in [0.25, 0.3) is 0 Å². The van der Waals surface area contributed by atoms with E-state index in [9.17, 15) is 14.4 Å². The summed E-state index contributed by atoms with van der Waals surface area (Å²) in [5.74, 6) is -0.470. The third-order valence-corrected chi connectivity index (χ3v) is 5.61. The van der Waals surface area contributed by atoms with Crippen molar-refractivity contribution in [3.8, 4) is 0 Å². The van der Waals surface area contributed by atoms with Gasteiger partial charge in [0.15, 0.2) is 0 Å². The third-order valence-electron chi connectivity index (χ3n) is 4.75. The van der Waals surface area contributed by atoms with Crippen molar-refractivity contribution in [1.29, 1.82) is 0 Å². The average Bonchev–Trinajstić information content (AvgIpc) is 3.42. The van der Waals surface area contributed by atoms with E-state index in [4.69, 9.17) is 0 Å². The largest absolute Gasteiger partial charge is 0.354 e. The maximum absolute atomic E-state index is 12.7. The minimum Gasteiger partial charge on any atom is -0.354 e. The maximum atomic E-state index is 12.7. The van der Waals surface area contributed by atoms with E-state index in [0.29, 0.717) is 11.3 Å². The van der Waals surface area contributed by atoms with Crippen molar-refractivity contribution >= 4 is 29.1 Å². The highest BCUT2D eigenvalue weighted by molar-refractivity contribution is 7.12. The maximum Gasteiger partial charge on any atom is 0.262 e. The molecule has 1 aromatic carbocycles. The standard InChI is InChI=1S/C21H25N3O3S/c25-19(24-12-4-5-13-24)10-11-22-20(26)17(15-16-7-2-1-3-8-16)23-21(27)18-9-6-14-28-18/h1-3,6-9,14,17H,4-5,10-13,15H2,(H,22,26)(H,23,27)/t17-/m1/s1. The van der Waals surface area contributed by atoms with Crippen LogP contribution in [-0.4, -0.2) is 48.3 Å². The first kappa shape index (κ1) is 20.1. The highest BCUT2D eigenvalue weighted by Crippen LogP contribution is 2.11. The monoisotopic (exact) mass is 399 g/mol. The predicted molar refractivity (Wildman–Crippen MR) is 109 cm³/mol. The molecule has 1 aliphatic rings. The number of hydrogen-bond donors (Lipinski definition) is 2. The van der Waals surface area contributed by atoms with Crippen molar-refractivity contribution < 1.29 is 14.4 Å². The number of thiophene rings is 1. The molecule has 1 saturated heterocycles. The van der Waals surface area contributed by atoms with Gasteiger partial charge in [0.25, 0.3) is 5.91 Å². The van der Waals surface area contributed by atoms with Crippen LogP contribution in [0, 0.1) is 0 Å². The van der Waals surface area contributed by atoms with Crippen LogP contribution in [0.15, 0.2) is 47.8 Å². The van der Waals surface area contributed by atoms with Crippen LogP contribution < -0.4 is 10.6 Å². The summed E-state index contributed by atoms with van der Waals surface area (Å²) in [5, 5.41) is 7.46. The summed E-state index contributed by atoms with van der Waals surface area (Å²) in [6, 6.07) is 12.4. The van der Waals surface area contributed by atoms with Gasteiger partial charge in [-0.25, -0.2) is 0 Å². The first-order chi connectivity index (χ1) is 13.6. The van der Waals surface area contributed by atoms with Crippen LogP contribution in [0.3, 0.4) is 0 Å². The van der Waals surface area contributed by atoms with E-state index < -0.39 is 6.04 Å². The van der Waals surface area contributed by atoms with Crippen molar-refractivity contribution in [2.24, 2.45) is 0 Å². The van der Waals surface area contributed by atoms with Gasteiger partial charge in [-0.1, -0.05) is 36.4 Å². The van der Waals surface area contributed by atoms with Crippen molar-refractivity contribution in [1.82, 2.24) is 15.5 Å². The Balaban J connectivity index is 1.57. The Labute approximate surface area is 168 Å². The van der Waals surface area contributed by atoms with Crippen LogP contribution in [-0.2, 0) is 16.0 Å². The van der Waals surface area contributed by atoms with Crippen molar-refractivity contribution in [2.45, 2.75) is 31.7 Å². The van der Waals surface area contributed by atoms with Gasteiger partial charge >= 0.3 is 0 Å². The zero-order valence-corrected chi connectivity index (χ0v) is 16.5. The second-order valence-corrected chi connectivity index (χ2v) is 7.77. The first-order valence-electron chi connectivity index (χ1n) is 9.57. The molecular weight excluding hydrogens is 374 g/mol. The molecule has 2 aromatic rings.